The molecule has 9 heteroatoms. The Morgan fingerprint density at radius 3 is 2.42 bits per heavy atom. The van der Waals surface area contributed by atoms with Gasteiger partial charge >= 0.3 is 6.09 Å². The van der Waals surface area contributed by atoms with Gasteiger partial charge in [-0.25, -0.2) is 9.79 Å². The molecule has 0 aliphatic carbocycles. The number of likely N-dealkylation sites (N-methyl/N-ethyl adjacent to an activating group) is 2. The number of rotatable bonds is 6. The number of fused-ring (bicyclic) bond motifs is 1. The van der Waals surface area contributed by atoms with E-state index in [9.17, 15) is 14.4 Å². The molecular formula is C22H25N5O4. The van der Waals surface area contributed by atoms with Gasteiger partial charge in [0.2, 0.25) is 12.1 Å². The fourth-order valence-corrected chi connectivity index (χ4v) is 3.39. The lowest BCUT2D eigenvalue weighted by molar-refractivity contribution is -0.128. The zero-order chi connectivity index (χ0) is 22.5. The molecule has 2 atom stereocenters. The lowest BCUT2D eigenvalue weighted by Crippen LogP contribution is -2.55. The fourth-order valence-electron chi connectivity index (χ4n) is 3.39. The Labute approximate surface area is 180 Å². The minimum atomic E-state index is -1.33. The monoisotopic (exact) mass is 423 g/mol. The number of benzene rings is 2. The number of hydrogen-bond donors (Lipinski definition) is 3. The van der Waals surface area contributed by atoms with Crippen molar-refractivity contribution in [3.8, 4) is 0 Å². The van der Waals surface area contributed by atoms with Crippen molar-refractivity contribution in [3.63, 3.8) is 0 Å². The normalized spacial score (nSPS) is 16.8. The van der Waals surface area contributed by atoms with Crippen molar-refractivity contribution >= 4 is 29.3 Å². The third kappa shape index (κ3) is 5.07. The van der Waals surface area contributed by atoms with Crippen LogP contribution in [0.2, 0.25) is 0 Å². The van der Waals surface area contributed by atoms with E-state index in [1.165, 1.54) is 4.90 Å². The molecule has 1 aliphatic rings. The number of hydrogen-bond acceptors (Lipinski definition) is 5. The zero-order valence-electron chi connectivity index (χ0n) is 17.6. The van der Waals surface area contributed by atoms with Crippen LogP contribution in [0.25, 0.3) is 0 Å². The molecule has 0 saturated heterocycles. The maximum atomic E-state index is 13.1. The minimum Gasteiger partial charge on any atom is -0.465 e. The molecule has 9 nitrogen and oxygen atoms in total. The van der Waals surface area contributed by atoms with Crippen molar-refractivity contribution in [1.29, 1.82) is 0 Å². The summed E-state index contributed by atoms with van der Waals surface area (Å²) in [5, 5.41) is 13.9. The number of carbonyl (C=O) groups excluding carboxylic acids is 2. The highest BCUT2D eigenvalue weighted by Crippen LogP contribution is 2.27. The van der Waals surface area contributed by atoms with Gasteiger partial charge in [-0.3, -0.25) is 9.59 Å². The Morgan fingerprint density at radius 2 is 1.77 bits per heavy atom. The van der Waals surface area contributed by atoms with Crippen molar-refractivity contribution in [2.24, 2.45) is 4.99 Å². The number of carbonyl (C=O) groups is 3. The SMILES string of the molecule is CN(C)CC(NC(=O)O)C(=O)NC1N=C(c2ccccc2)c2ccccc2N(C)C1=O. The van der Waals surface area contributed by atoms with E-state index in [2.05, 4.69) is 15.6 Å². The number of aliphatic imine (C=N–C) groups is 1. The Kier molecular flexibility index (Phi) is 6.66. The van der Waals surface area contributed by atoms with E-state index in [1.54, 1.807) is 26.0 Å². The first-order chi connectivity index (χ1) is 14.8. The molecule has 3 N–H and O–H groups in total. The van der Waals surface area contributed by atoms with Crippen LogP contribution >= 0.6 is 0 Å². The van der Waals surface area contributed by atoms with E-state index < -0.39 is 30.1 Å². The number of carboxylic acid groups (broad SMARTS) is 1. The molecule has 2 aromatic rings. The van der Waals surface area contributed by atoms with Crippen LogP contribution in [0.5, 0.6) is 0 Å². The number of nitrogens with zero attached hydrogens (tertiary/aromatic N) is 3. The average molecular weight is 423 g/mol. The summed E-state index contributed by atoms with van der Waals surface area (Å²) in [5.41, 5.74) is 2.79. The zero-order valence-corrected chi connectivity index (χ0v) is 17.6. The van der Waals surface area contributed by atoms with Gasteiger partial charge in [-0.15, -0.1) is 0 Å². The van der Waals surface area contributed by atoms with Gasteiger partial charge < -0.3 is 25.5 Å². The number of benzodiazepines with no additional fused rings is 1. The fraction of sp³-hybridized carbons (Fsp3) is 0.273. The molecule has 3 rings (SSSR count). The molecule has 0 saturated carbocycles. The van der Waals surface area contributed by atoms with Gasteiger partial charge in [0.05, 0.1) is 11.4 Å². The summed E-state index contributed by atoms with van der Waals surface area (Å²) in [4.78, 5) is 44.9. The quantitative estimate of drug-likeness (QED) is 0.645. The highest BCUT2D eigenvalue weighted by atomic mass is 16.4. The van der Waals surface area contributed by atoms with Gasteiger partial charge in [0.1, 0.15) is 6.04 Å². The molecule has 2 unspecified atom stereocenters. The second-order valence-corrected chi connectivity index (χ2v) is 7.43. The van der Waals surface area contributed by atoms with E-state index in [0.717, 1.165) is 11.1 Å². The molecule has 3 amide bonds. The smallest absolute Gasteiger partial charge is 0.405 e. The molecular weight excluding hydrogens is 398 g/mol. The number of para-hydroxylation sites is 1. The highest BCUT2D eigenvalue weighted by molar-refractivity contribution is 6.20. The van der Waals surface area contributed by atoms with Crippen molar-refractivity contribution in [3.05, 3.63) is 65.7 Å². The lowest BCUT2D eigenvalue weighted by atomic mass is 10.0. The van der Waals surface area contributed by atoms with Crippen LogP contribution in [-0.4, -0.2) is 73.5 Å². The first kappa shape index (κ1) is 22.0. The van der Waals surface area contributed by atoms with Gasteiger partial charge in [0.25, 0.3) is 5.91 Å². The first-order valence-electron chi connectivity index (χ1n) is 9.72. The number of anilines is 1. The van der Waals surface area contributed by atoms with E-state index in [0.29, 0.717) is 11.4 Å². The predicted molar refractivity (Wildman–Crippen MR) is 117 cm³/mol. The highest BCUT2D eigenvalue weighted by Gasteiger charge is 2.33. The number of amides is 3. The Balaban J connectivity index is 2.00. The van der Waals surface area contributed by atoms with Gasteiger partial charge in [0.15, 0.2) is 0 Å². The van der Waals surface area contributed by atoms with Crippen molar-refractivity contribution in [2.75, 3.05) is 32.6 Å². The summed E-state index contributed by atoms with van der Waals surface area (Å²) in [6.45, 7) is 0.129. The van der Waals surface area contributed by atoms with Crippen molar-refractivity contribution in [2.45, 2.75) is 12.2 Å². The van der Waals surface area contributed by atoms with E-state index in [4.69, 9.17) is 5.11 Å². The first-order valence-corrected chi connectivity index (χ1v) is 9.72. The average Bonchev–Trinajstić information content (AvgIpc) is 2.84. The van der Waals surface area contributed by atoms with Gasteiger partial charge in [-0.1, -0.05) is 48.5 Å². The van der Waals surface area contributed by atoms with Crippen LogP contribution in [0.15, 0.2) is 59.6 Å². The molecule has 0 fully saturated rings. The molecule has 31 heavy (non-hydrogen) atoms. The van der Waals surface area contributed by atoms with E-state index >= 15 is 0 Å². The number of nitrogens with one attached hydrogen (secondary N) is 2. The summed E-state index contributed by atoms with van der Waals surface area (Å²) in [6.07, 6.45) is -2.53. The summed E-state index contributed by atoms with van der Waals surface area (Å²) in [6, 6.07) is 15.7. The largest absolute Gasteiger partial charge is 0.465 e. The molecule has 1 heterocycles. The third-order valence-electron chi connectivity index (χ3n) is 4.83. The Bertz CT molecular complexity index is 1010. The molecule has 1 aliphatic heterocycles. The van der Waals surface area contributed by atoms with E-state index in [1.807, 2.05) is 54.6 Å². The van der Waals surface area contributed by atoms with Crippen LogP contribution in [0, 0.1) is 0 Å². The predicted octanol–water partition coefficient (Wildman–Crippen LogP) is 1.14. The maximum absolute atomic E-state index is 13.1. The summed E-state index contributed by atoms with van der Waals surface area (Å²) < 4.78 is 0. The summed E-state index contributed by atoms with van der Waals surface area (Å²) in [5.74, 6) is -1.06. The lowest BCUT2D eigenvalue weighted by Gasteiger charge is -2.24. The van der Waals surface area contributed by atoms with Crippen LogP contribution in [0.1, 0.15) is 11.1 Å². The molecule has 2 aromatic carbocycles. The molecule has 0 aromatic heterocycles. The van der Waals surface area contributed by atoms with Gasteiger partial charge in [-0.05, 0) is 20.2 Å². The minimum absolute atomic E-state index is 0.129. The standard InChI is InChI=1S/C22H25N5O4/c1-26(2)13-16(23-22(30)31)20(28)25-19-21(29)27(3)17-12-8-7-11-15(17)18(24-19)14-9-5-4-6-10-14/h4-12,16,19,23H,13H2,1-3H3,(H,25,28)(H,30,31). The summed E-state index contributed by atoms with van der Waals surface area (Å²) >= 11 is 0. The van der Waals surface area contributed by atoms with Gasteiger partial charge in [0, 0.05) is 24.7 Å². The van der Waals surface area contributed by atoms with Crippen LogP contribution in [-0.2, 0) is 9.59 Å². The Morgan fingerprint density at radius 1 is 1.13 bits per heavy atom. The second kappa shape index (κ2) is 9.40. The maximum Gasteiger partial charge on any atom is 0.405 e. The van der Waals surface area contributed by atoms with Crippen LogP contribution in [0.4, 0.5) is 10.5 Å². The molecule has 0 bridgehead atoms. The van der Waals surface area contributed by atoms with Crippen LogP contribution in [0.3, 0.4) is 0 Å². The van der Waals surface area contributed by atoms with E-state index in [-0.39, 0.29) is 6.54 Å². The second-order valence-electron chi connectivity index (χ2n) is 7.43. The van der Waals surface area contributed by atoms with Crippen LogP contribution < -0.4 is 15.5 Å². The topological polar surface area (TPSA) is 114 Å². The van der Waals surface area contributed by atoms with Crippen molar-refractivity contribution < 1.29 is 19.5 Å². The van der Waals surface area contributed by atoms with Gasteiger partial charge in [-0.2, -0.15) is 0 Å². The van der Waals surface area contributed by atoms with Crippen molar-refractivity contribution in [1.82, 2.24) is 15.5 Å². The third-order valence-corrected chi connectivity index (χ3v) is 4.83. The molecule has 162 valence electrons. The Hall–Kier alpha value is -3.72. The molecule has 0 spiro atoms. The molecule has 0 radical (unpaired) electrons. The summed E-state index contributed by atoms with van der Waals surface area (Å²) in [7, 11) is 5.06.